The van der Waals surface area contributed by atoms with Gasteiger partial charge in [-0.2, -0.15) is 0 Å². The fourth-order valence-corrected chi connectivity index (χ4v) is 3.41. The molecule has 0 saturated heterocycles. The monoisotopic (exact) mass is 318 g/mol. The number of aliphatic hydroxyl groups excluding tert-OH is 1. The fourth-order valence-electron chi connectivity index (χ4n) is 1.50. The Hall–Kier alpha value is -0.740. The Balaban J connectivity index is 2.92. The summed E-state index contributed by atoms with van der Waals surface area (Å²) in [5.41, 5.74) is 0.312. The molecule has 1 rings (SSSR count). The largest absolute Gasteiger partial charge is 0.376 e. The lowest BCUT2D eigenvalue weighted by atomic mass is 10.2. The van der Waals surface area contributed by atoms with E-state index in [4.69, 9.17) is 9.05 Å². The van der Waals surface area contributed by atoms with Crippen molar-refractivity contribution < 1.29 is 23.1 Å². The van der Waals surface area contributed by atoms with Gasteiger partial charge in [-0.05, 0) is 29.5 Å². The normalized spacial score (nSPS) is 13.9. The van der Waals surface area contributed by atoms with Crippen LogP contribution in [0.5, 0.6) is 0 Å². The summed E-state index contributed by atoms with van der Waals surface area (Å²) in [6, 6.07) is 5.16. The lowest BCUT2D eigenvalue weighted by Crippen LogP contribution is -2.11. The van der Waals surface area contributed by atoms with E-state index in [1.54, 1.807) is 0 Å². The van der Waals surface area contributed by atoms with Crippen molar-refractivity contribution in [2.24, 2.45) is 11.8 Å². The lowest BCUT2D eigenvalue weighted by Gasteiger charge is -2.25. The van der Waals surface area contributed by atoms with Crippen LogP contribution in [0.2, 0.25) is 0 Å². The molecular formula is C15H24FO4P. The molecule has 0 aromatic heterocycles. The Labute approximate surface area is 125 Å². The zero-order chi connectivity index (χ0) is 16.0. The van der Waals surface area contributed by atoms with Crippen molar-refractivity contribution in [3.63, 3.8) is 0 Å². The predicted octanol–water partition coefficient (Wildman–Crippen LogP) is 4.35. The molecule has 1 aromatic rings. The Morgan fingerprint density at radius 3 is 1.86 bits per heavy atom. The minimum absolute atomic E-state index is 0.154. The van der Waals surface area contributed by atoms with Gasteiger partial charge >= 0.3 is 7.60 Å². The van der Waals surface area contributed by atoms with E-state index in [-0.39, 0.29) is 25.0 Å². The fraction of sp³-hybridized carbons (Fsp3) is 0.600. The summed E-state index contributed by atoms with van der Waals surface area (Å²) in [6.45, 7) is 8.09. The first-order chi connectivity index (χ1) is 9.74. The van der Waals surface area contributed by atoms with Crippen molar-refractivity contribution >= 4 is 7.60 Å². The van der Waals surface area contributed by atoms with Gasteiger partial charge < -0.3 is 14.2 Å². The molecule has 0 fully saturated rings. The molecule has 0 heterocycles. The zero-order valence-electron chi connectivity index (χ0n) is 13.0. The maximum atomic E-state index is 12.9. The highest BCUT2D eigenvalue weighted by atomic mass is 31.2. The van der Waals surface area contributed by atoms with E-state index < -0.39 is 19.3 Å². The van der Waals surface area contributed by atoms with Crippen LogP contribution >= 0.6 is 7.60 Å². The van der Waals surface area contributed by atoms with Gasteiger partial charge in [0.25, 0.3) is 0 Å². The van der Waals surface area contributed by atoms with Gasteiger partial charge in [-0.25, -0.2) is 4.39 Å². The highest BCUT2D eigenvalue weighted by Crippen LogP contribution is 2.60. The van der Waals surface area contributed by atoms with Crippen LogP contribution in [-0.2, 0) is 13.6 Å². The summed E-state index contributed by atoms with van der Waals surface area (Å²) in [6.07, 6.45) is 0. The van der Waals surface area contributed by atoms with Gasteiger partial charge in [0.2, 0.25) is 0 Å². The van der Waals surface area contributed by atoms with Crippen molar-refractivity contribution in [1.29, 1.82) is 0 Å². The third-order valence-electron chi connectivity index (χ3n) is 2.64. The Bertz CT molecular complexity index is 457. The maximum Gasteiger partial charge on any atom is 0.363 e. The van der Waals surface area contributed by atoms with Crippen LogP contribution < -0.4 is 0 Å². The minimum atomic E-state index is -3.72. The molecule has 0 aliphatic rings. The minimum Gasteiger partial charge on any atom is -0.376 e. The van der Waals surface area contributed by atoms with Crippen LogP contribution in [0.25, 0.3) is 0 Å². The SMILES string of the molecule is CC(C)COP(=O)(OCC(C)C)[C@H](O)c1ccc(F)cc1. The van der Waals surface area contributed by atoms with Crippen LogP contribution in [0, 0.1) is 17.7 Å². The van der Waals surface area contributed by atoms with Crippen LogP contribution in [0.1, 0.15) is 39.1 Å². The lowest BCUT2D eigenvalue weighted by molar-refractivity contribution is 0.124. The van der Waals surface area contributed by atoms with E-state index in [0.29, 0.717) is 5.56 Å². The van der Waals surface area contributed by atoms with Gasteiger partial charge in [0.05, 0.1) is 13.2 Å². The number of aliphatic hydroxyl groups is 1. The number of hydrogen-bond acceptors (Lipinski definition) is 4. The molecule has 21 heavy (non-hydrogen) atoms. The van der Waals surface area contributed by atoms with Gasteiger partial charge in [-0.3, -0.25) is 4.57 Å². The Kier molecular flexibility index (Phi) is 7.01. The first-order valence-corrected chi connectivity index (χ1v) is 8.68. The molecule has 0 spiro atoms. The summed E-state index contributed by atoms with van der Waals surface area (Å²) < 4.78 is 36.5. The summed E-state index contributed by atoms with van der Waals surface area (Å²) in [5, 5.41) is 10.3. The molecule has 0 amide bonds. The van der Waals surface area contributed by atoms with Crippen LogP contribution in [-0.4, -0.2) is 18.3 Å². The van der Waals surface area contributed by atoms with E-state index >= 15 is 0 Å². The molecule has 4 nitrogen and oxygen atoms in total. The molecule has 0 bridgehead atoms. The molecule has 0 aliphatic carbocycles. The molecule has 6 heteroatoms. The van der Waals surface area contributed by atoms with Crippen molar-refractivity contribution in [1.82, 2.24) is 0 Å². The van der Waals surface area contributed by atoms with Crippen LogP contribution in [0.4, 0.5) is 4.39 Å². The van der Waals surface area contributed by atoms with Crippen molar-refractivity contribution in [2.75, 3.05) is 13.2 Å². The summed E-state index contributed by atoms with van der Waals surface area (Å²) in [5.74, 6) is -1.54. The Morgan fingerprint density at radius 1 is 1.05 bits per heavy atom. The average Bonchev–Trinajstić information content (AvgIpc) is 2.43. The topological polar surface area (TPSA) is 55.8 Å². The standard InChI is InChI=1S/C15H24FO4P/c1-11(2)9-19-21(18,20-10-12(3)4)15(17)13-5-7-14(16)8-6-13/h5-8,11-12,15,17H,9-10H2,1-4H3/t15-/m0/s1. The molecule has 0 unspecified atom stereocenters. The number of benzene rings is 1. The molecule has 1 atom stereocenters. The van der Waals surface area contributed by atoms with Crippen LogP contribution in [0.15, 0.2) is 24.3 Å². The second-order valence-electron chi connectivity index (χ2n) is 5.84. The third kappa shape index (κ3) is 5.87. The van der Waals surface area contributed by atoms with E-state index in [2.05, 4.69) is 0 Å². The smallest absolute Gasteiger partial charge is 0.363 e. The summed E-state index contributed by atoms with van der Waals surface area (Å²) in [7, 11) is -3.72. The van der Waals surface area contributed by atoms with Crippen LogP contribution in [0.3, 0.4) is 0 Å². The van der Waals surface area contributed by atoms with Crippen molar-refractivity contribution in [2.45, 2.75) is 33.5 Å². The van der Waals surface area contributed by atoms with Gasteiger partial charge in [0, 0.05) is 0 Å². The number of hydrogen-bond donors (Lipinski definition) is 1. The van der Waals surface area contributed by atoms with E-state index in [9.17, 15) is 14.1 Å². The summed E-state index contributed by atoms with van der Waals surface area (Å²) >= 11 is 0. The molecule has 0 aliphatic heterocycles. The van der Waals surface area contributed by atoms with E-state index in [1.165, 1.54) is 24.3 Å². The summed E-state index contributed by atoms with van der Waals surface area (Å²) in [4.78, 5) is 0. The van der Waals surface area contributed by atoms with E-state index in [1.807, 2.05) is 27.7 Å². The van der Waals surface area contributed by atoms with E-state index in [0.717, 1.165) is 0 Å². The molecule has 0 radical (unpaired) electrons. The van der Waals surface area contributed by atoms with Gasteiger partial charge in [0.1, 0.15) is 5.82 Å². The quantitative estimate of drug-likeness (QED) is 0.724. The maximum absolute atomic E-state index is 12.9. The molecule has 1 N–H and O–H groups in total. The Morgan fingerprint density at radius 2 is 1.48 bits per heavy atom. The third-order valence-corrected chi connectivity index (χ3v) is 4.56. The second-order valence-corrected chi connectivity index (χ2v) is 7.93. The number of halogens is 1. The highest BCUT2D eigenvalue weighted by Gasteiger charge is 2.36. The number of rotatable bonds is 8. The highest BCUT2D eigenvalue weighted by molar-refractivity contribution is 7.54. The molecular weight excluding hydrogens is 294 g/mol. The average molecular weight is 318 g/mol. The molecule has 1 aromatic carbocycles. The van der Waals surface area contributed by atoms with Gasteiger partial charge in [-0.15, -0.1) is 0 Å². The van der Waals surface area contributed by atoms with Crippen molar-refractivity contribution in [3.8, 4) is 0 Å². The van der Waals surface area contributed by atoms with Crippen molar-refractivity contribution in [3.05, 3.63) is 35.6 Å². The first kappa shape index (κ1) is 18.3. The molecule has 120 valence electrons. The van der Waals surface area contributed by atoms with Gasteiger partial charge in [-0.1, -0.05) is 39.8 Å². The predicted molar refractivity (Wildman–Crippen MR) is 80.5 cm³/mol. The zero-order valence-corrected chi connectivity index (χ0v) is 13.8. The van der Waals surface area contributed by atoms with Gasteiger partial charge in [0.15, 0.2) is 5.85 Å². The second kappa shape index (κ2) is 8.04. The molecule has 0 saturated carbocycles. The first-order valence-electron chi connectivity index (χ1n) is 7.07.